The van der Waals surface area contributed by atoms with Gasteiger partial charge < -0.3 is 10.3 Å². The number of anilines is 1. The van der Waals surface area contributed by atoms with Gasteiger partial charge in [-0.2, -0.15) is 0 Å². The number of H-pyrrole nitrogens is 1. The van der Waals surface area contributed by atoms with Crippen LogP contribution in [0, 0.1) is 5.92 Å². The summed E-state index contributed by atoms with van der Waals surface area (Å²) in [7, 11) is -3.70. The van der Waals surface area contributed by atoms with E-state index in [1.54, 1.807) is 19.1 Å². The van der Waals surface area contributed by atoms with Gasteiger partial charge in [0.1, 0.15) is 0 Å². The van der Waals surface area contributed by atoms with E-state index >= 15 is 0 Å². The summed E-state index contributed by atoms with van der Waals surface area (Å²) in [6, 6.07) is 14.1. The molecule has 1 atom stereocenters. The van der Waals surface area contributed by atoms with E-state index in [9.17, 15) is 18.0 Å². The van der Waals surface area contributed by atoms with Gasteiger partial charge in [0.25, 0.3) is 5.91 Å². The molecule has 0 spiro atoms. The molecule has 2 N–H and O–H groups in total. The van der Waals surface area contributed by atoms with Gasteiger partial charge in [-0.05, 0) is 36.2 Å². The molecule has 1 aliphatic heterocycles. The number of hydrogen-bond acceptors (Lipinski definition) is 4. The van der Waals surface area contributed by atoms with Crippen LogP contribution in [0.3, 0.4) is 0 Å². The largest absolute Gasteiger partial charge is 0.361 e. The average Bonchev–Trinajstić information content (AvgIpc) is 3.19. The van der Waals surface area contributed by atoms with E-state index in [0.717, 1.165) is 20.8 Å². The maximum atomic E-state index is 12.5. The summed E-state index contributed by atoms with van der Waals surface area (Å²) in [5.41, 5.74) is 2.66. The summed E-state index contributed by atoms with van der Waals surface area (Å²) >= 11 is 0. The Balaban J connectivity index is 1.46. The molecule has 8 heteroatoms. The first-order chi connectivity index (χ1) is 13.9. The van der Waals surface area contributed by atoms with Crippen molar-refractivity contribution in [1.82, 2.24) is 10.3 Å². The van der Waals surface area contributed by atoms with Gasteiger partial charge in [0.15, 0.2) is 0 Å². The minimum absolute atomic E-state index is 0.198. The normalized spacial score (nSPS) is 18.3. The Kier molecular flexibility index (Phi) is 4.87. The van der Waals surface area contributed by atoms with Crippen molar-refractivity contribution in [2.75, 3.05) is 16.6 Å². The van der Waals surface area contributed by atoms with Crippen molar-refractivity contribution in [1.29, 1.82) is 0 Å². The van der Waals surface area contributed by atoms with E-state index in [0.29, 0.717) is 18.5 Å². The van der Waals surface area contributed by atoms with E-state index in [1.807, 2.05) is 30.5 Å². The van der Waals surface area contributed by atoms with Gasteiger partial charge in [0.05, 0.1) is 17.4 Å². The van der Waals surface area contributed by atoms with Gasteiger partial charge in [-0.1, -0.05) is 31.2 Å². The summed E-state index contributed by atoms with van der Waals surface area (Å²) in [6.07, 6.45) is 2.59. The summed E-state index contributed by atoms with van der Waals surface area (Å²) in [5, 5.41) is 3.98. The molecule has 0 bridgehead atoms. The van der Waals surface area contributed by atoms with Crippen LogP contribution < -0.4 is 9.62 Å². The topological polar surface area (TPSA) is 99.3 Å². The highest BCUT2D eigenvalue weighted by molar-refractivity contribution is 7.94. The molecular weight excluding hydrogens is 390 g/mol. The molecule has 0 saturated carbocycles. The molecule has 29 heavy (non-hydrogen) atoms. The second-order valence-corrected chi connectivity index (χ2v) is 9.06. The molecule has 2 amide bonds. The molecule has 0 radical (unpaired) electrons. The van der Waals surface area contributed by atoms with Crippen LogP contribution in [0.1, 0.15) is 22.8 Å². The Labute approximate surface area is 168 Å². The molecule has 1 fully saturated rings. The number of carbonyl (C=O) groups excluding carboxylic acids is 2. The number of sulfonamides is 1. The predicted molar refractivity (Wildman–Crippen MR) is 111 cm³/mol. The number of carbonyl (C=O) groups is 2. The lowest BCUT2D eigenvalue weighted by Crippen LogP contribution is -2.31. The second kappa shape index (κ2) is 7.36. The predicted octanol–water partition coefficient (Wildman–Crippen LogP) is 2.45. The lowest BCUT2D eigenvalue weighted by Gasteiger charge is -2.16. The van der Waals surface area contributed by atoms with Gasteiger partial charge in [-0.3, -0.25) is 9.59 Å². The molecule has 7 nitrogen and oxygen atoms in total. The third-order valence-electron chi connectivity index (χ3n) is 5.06. The fourth-order valence-corrected chi connectivity index (χ4v) is 5.42. The molecular formula is C21H21N3O4S. The number of nitrogens with zero attached hydrogens (tertiary/aromatic N) is 1. The van der Waals surface area contributed by atoms with E-state index in [1.165, 1.54) is 12.1 Å². The van der Waals surface area contributed by atoms with Gasteiger partial charge >= 0.3 is 0 Å². The number of amides is 2. The number of para-hydroxylation sites is 1. The van der Waals surface area contributed by atoms with Crippen LogP contribution in [-0.4, -0.2) is 37.5 Å². The Morgan fingerprint density at radius 2 is 2.00 bits per heavy atom. The van der Waals surface area contributed by atoms with Crippen LogP contribution in [-0.2, 0) is 21.2 Å². The number of hydrogen-bond donors (Lipinski definition) is 2. The van der Waals surface area contributed by atoms with Crippen molar-refractivity contribution < 1.29 is 18.0 Å². The van der Waals surface area contributed by atoms with Gasteiger partial charge in [0, 0.05) is 29.2 Å². The molecule has 150 valence electrons. The molecule has 2 heterocycles. The molecule has 3 aromatic rings. The van der Waals surface area contributed by atoms with Gasteiger partial charge in [-0.15, -0.1) is 0 Å². The number of aromatic nitrogens is 1. The van der Waals surface area contributed by atoms with E-state index in [-0.39, 0.29) is 17.3 Å². The molecule has 4 rings (SSSR count). The lowest BCUT2D eigenvalue weighted by atomic mass is 10.1. The van der Waals surface area contributed by atoms with Crippen molar-refractivity contribution in [2.45, 2.75) is 13.3 Å². The minimum atomic E-state index is -3.70. The highest BCUT2D eigenvalue weighted by Crippen LogP contribution is 2.28. The van der Waals surface area contributed by atoms with Gasteiger partial charge in [0.2, 0.25) is 15.9 Å². The molecule has 0 aliphatic carbocycles. The number of aromatic amines is 1. The molecule has 1 saturated heterocycles. The number of benzene rings is 2. The second-order valence-electron chi connectivity index (χ2n) is 7.20. The monoisotopic (exact) mass is 411 g/mol. The van der Waals surface area contributed by atoms with Crippen LogP contribution in [0.4, 0.5) is 5.69 Å². The lowest BCUT2D eigenvalue weighted by molar-refractivity contribution is -0.119. The molecule has 1 aliphatic rings. The van der Waals surface area contributed by atoms with E-state index < -0.39 is 21.8 Å². The smallest absolute Gasteiger partial charge is 0.251 e. The fourth-order valence-electron chi connectivity index (χ4n) is 3.61. The maximum absolute atomic E-state index is 12.5. The van der Waals surface area contributed by atoms with E-state index in [4.69, 9.17) is 0 Å². The quantitative estimate of drug-likeness (QED) is 0.674. The summed E-state index contributed by atoms with van der Waals surface area (Å²) in [5.74, 6) is -1.59. The van der Waals surface area contributed by atoms with Crippen molar-refractivity contribution in [2.24, 2.45) is 5.92 Å². The van der Waals surface area contributed by atoms with Gasteiger partial charge in [-0.25, -0.2) is 12.7 Å². The zero-order valence-electron chi connectivity index (χ0n) is 15.9. The first-order valence-corrected chi connectivity index (χ1v) is 11.0. The van der Waals surface area contributed by atoms with Crippen LogP contribution in [0.25, 0.3) is 10.9 Å². The summed E-state index contributed by atoms with van der Waals surface area (Å²) in [4.78, 5) is 28.0. The van der Waals surface area contributed by atoms with Crippen LogP contribution >= 0.6 is 0 Å². The number of rotatable bonds is 5. The maximum Gasteiger partial charge on any atom is 0.251 e. The first-order valence-electron chi connectivity index (χ1n) is 9.37. The third-order valence-corrected chi connectivity index (χ3v) is 6.93. The van der Waals surface area contributed by atoms with Crippen LogP contribution in [0.2, 0.25) is 0 Å². The van der Waals surface area contributed by atoms with Crippen molar-refractivity contribution >= 4 is 38.4 Å². The highest BCUT2D eigenvalue weighted by atomic mass is 32.2. The first kappa shape index (κ1) is 19.2. The number of nitrogens with one attached hydrogen (secondary N) is 2. The minimum Gasteiger partial charge on any atom is -0.361 e. The Hall–Kier alpha value is -3.13. The van der Waals surface area contributed by atoms with E-state index in [2.05, 4.69) is 10.3 Å². The zero-order chi connectivity index (χ0) is 20.6. The Bertz CT molecular complexity index is 1200. The average molecular weight is 411 g/mol. The highest BCUT2D eigenvalue weighted by Gasteiger charge is 2.42. The van der Waals surface area contributed by atoms with Crippen molar-refractivity contribution in [3.63, 3.8) is 0 Å². The molecule has 1 aromatic heterocycles. The zero-order valence-corrected chi connectivity index (χ0v) is 16.7. The SMILES string of the molecule is CC1CS(=O)(=O)N(c2cccc(C(=O)NCCc3c[nH]c4ccccc34)c2)C1=O. The van der Waals surface area contributed by atoms with Crippen LogP contribution in [0.5, 0.6) is 0 Å². The van der Waals surface area contributed by atoms with Crippen molar-refractivity contribution in [3.8, 4) is 0 Å². The standard InChI is InChI=1S/C21H21N3O4S/c1-14-13-29(27,28)24(21(14)26)17-6-4-5-15(11-17)20(25)22-10-9-16-12-23-19-8-3-2-7-18(16)19/h2-8,11-12,14,23H,9-10,13H2,1H3,(H,22,25). The summed E-state index contributed by atoms with van der Waals surface area (Å²) in [6.45, 7) is 2.02. The Morgan fingerprint density at radius 1 is 1.21 bits per heavy atom. The van der Waals surface area contributed by atoms with Crippen molar-refractivity contribution in [3.05, 3.63) is 65.9 Å². The number of fused-ring (bicyclic) bond motifs is 1. The molecule has 2 aromatic carbocycles. The molecule has 1 unspecified atom stereocenters. The Morgan fingerprint density at radius 3 is 2.76 bits per heavy atom. The van der Waals surface area contributed by atoms with Crippen LogP contribution in [0.15, 0.2) is 54.7 Å². The summed E-state index contributed by atoms with van der Waals surface area (Å²) < 4.78 is 25.4. The fraction of sp³-hybridized carbons (Fsp3) is 0.238. The third kappa shape index (κ3) is 3.63.